The molecule has 3 heterocycles. The van der Waals surface area contributed by atoms with Crippen molar-refractivity contribution in [3.63, 3.8) is 0 Å². The summed E-state index contributed by atoms with van der Waals surface area (Å²) in [5.74, 6) is -1.72. The van der Waals surface area contributed by atoms with Crippen LogP contribution < -0.4 is 23.8 Å². The second-order valence-corrected chi connectivity index (χ2v) is 13.3. The van der Waals surface area contributed by atoms with Gasteiger partial charge in [-0.15, -0.1) is 0 Å². The lowest BCUT2D eigenvalue weighted by atomic mass is 9.59. The Hall–Kier alpha value is -6.75. The van der Waals surface area contributed by atoms with Crippen molar-refractivity contribution in [2.75, 3.05) is 18.5 Å². The second kappa shape index (κ2) is 10.6. The number of amides is 2. The number of hydrogen-bond donors (Lipinski definition) is 0. The van der Waals surface area contributed by atoms with Gasteiger partial charge >= 0.3 is 0 Å². The molecule has 0 aromatic heterocycles. The highest BCUT2D eigenvalue weighted by Crippen LogP contribution is 2.74. The maximum absolute atomic E-state index is 16.2. The molecular formula is C41H26N2O9. The lowest BCUT2D eigenvalue weighted by Crippen LogP contribution is -2.45. The predicted molar refractivity (Wildman–Crippen MR) is 186 cm³/mol. The fourth-order valence-electron chi connectivity index (χ4n) is 9.21. The van der Waals surface area contributed by atoms with Crippen LogP contribution in [0, 0.1) is 22.0 Å². The van der Waals surface area contributed by atoms with E-state index in [2.05, 4.69) is 0 Å². The molecule has 0 spiro atoms. The molecule has 52 heavy (non-hydrogen) atoms. The Kier molecular flexibility index (Phi) is 6.15. The summed E-state index contributed by atoms with van der Waals surface area (Å²) in [6.45, 7) is 0.0664. The fraction of sp³-hybridized carbons (Fsp3) is 0.146. The number of ether oxygens (including phenoxy) is 4. The smallest absolute Gasteiger partial charge is 0.269 e. The molecule has 5 aliphatic rings. The first-order valence-corrected chi connectivity index (χ1v) is 16.7. The Morgan fingerprint density at radius 1 is 0.577 bits per heavy atom. The Labute approximate surface area is 295 Å². The van der Waals surface area contributed by atoms with E-state index < -0.39 is 39.4 Å². The third kappa shape index (κ3) is 3.66. The van der Waals surface area contributed by atoms with Gasteiger partial charge in [0, 0.05) is 12.1 Å². The third-order valence-electron chi connectivity index (χ3n) is 11.1. The summed E-state index contributed by atoms with van der Waals surface area (Å²) in [5.41, 5.74) is 0.173. The van der Waals surface area contributed by atoms with E-state index in [9.17, 15) is 10.1 Å². The number of benzene rings is 5. The number of nitro benzene ring substituents is 1. The Bertz CT molecular complexity index is 2290. The zero-order valence-electron chi connectivity index (χ0n) is 27.2. The lowest BCUT2D eigenvalue weighted by Gasteiger charge is -2.39. The number of hydrogen-bond acceptors (Lipinski definition) is 9. The summed E-state index contributed by atoms with van der Waals surface area (Å²) in [6, 6.07) is 34.5. The normalized spacial score (nSPS) is 24.9. The van der Waals surface area contributed by atoms with Gasteiger partial charge in [-0.1, -0.05) is 72.8 Å². The first kappa shape index (κ1) is 30.1. The highest BCUT2D eigenvalue weighted by atomic mass is 16.7. The minimum Gasteiger partial charge on any atom is -0.454 e. The first-order chi connectivity index (χ1) is 25.4. The molecule has 5 aromatic carbocycles. The number of carbonyl (C=O) groups excluding carboxylic acids is 3. The molecule has 2 amide bonds. The van der Waals surface area contributed by atoms with Crippen LogP contribution in [0.25, 0.3) is 11.1 Å². The molecule has 2 fully saturated rings. The highest BCUT2D eigenvalue weighted by molar-refractivity contribution is 6.39. The first-order valence-electron chi connectivity index (χ1n) is 16.7. The van der Waals surface area contributed by atoms with Crippen LogP contribution in [0.15, 0.2) is 121 Å². The molecular weight excluding hydrogens is 664 g/mol. The average Bonchev–Trinajstić information content (AvgIpc) is 3.98. The van der Waals surface area contributed by atoms with E-state index in [4.69, 9.17) is 18.9 Å². The maximum Gasteiger partial charge on any atom is 0.269 e. The largest absolute Gasteiger partial charge is 0.454 e. The van der Waals surface area contributed by atoms with Gasteiger partial charge in [0.1, 0.15) is 0 Å². The van der Waals surface area contributed by atoms with Gasteiger partial charge < -0.3 is 18.9 Å². The van der Waals surface area contributed by atoms with E-state index in [0.717, 1.165) is 4.90 Å². The standard InChI is InChI=1S/C41H26N2O9/c44-37-35-36(38(45)42(37)27-13-15-28(16-14-27)43(47)48)41(26-9-5-2-6-10-26)34(24-12-18-30-32(20-24)52-22-50-30)33(23-11-17-29-31(19-23)51-21-49-29)40(35,39(41)46)25-7-3-1-4-8-25/h1-20,35-36H,21-22H2/t35-,36-,40+,41+/m1/s1. The number of nitrogens with zero attached hydrogens (tertiary/aromatic N) is 2. The summed E-state index contributed by atoms with van der Waals surface area (Å²) >= 11 is 0. The molecule has 5 aromatic rings. The van der Waals surface area contributed by atoms with Crippen molar-refractivity contribution in [2.45, 2.75) is 10.8 Å². The number of carbonyl (C=O) groups is 3. The van der Waals surface area contributed by atoms with Crippen LogP contribution in [0.2, 0.25) is 0 Å². The molecule has 2 bridgehead atoms. The summed E-state index contributed by atoms with van der Waals surface area (Å²) in [5, 5.41) is 11.5. The molecule has 10 rings (SSSR count). The van der Waals surface area contributed by atoms with Crippen molar-refractivity contribution in [1.29, 1.82) is 0 Å². The minimum absolute atomic E-state index is 0.0332. The molecule has 0 radical (unpaired) electrons. The second-order valence-electron chi connectivity index (χ2n) is 13.3. The molecule has 3 aliphatic heterocycles. The van der Waals surface area contributed by atoms with Gasteiger partial charge in [-0.05, 0) is 69.8 Å². The van der Waals surface area contributed by atoms with Gasteiger partial charge in [0.05, 0.1) is 33.3 Å². The summed E-state index contributed by atoms with van der Waals surface area (Å²) in [7, 11) is 0. The minimum atomic E-state index is -1.66. The van der Waals surface area contributed by atoms with Crippen molar-refractivity contribution in [1.82, 2.24) is 0 Å². The highest BCUT2D eigenvalue weighted by Gasteiger charge is 2.82. The molecule has 0 N–H and O–H groups in total. The van der Waals surface area contributed by atoms with Crippen molar-refractivity contribution in [3.8, 4) is 23.0 Å². The molecule has 1 saturated carbocycles. The Balaban J connectivity index is 1.34. The molecule has 2 aliphatic carbocycles. The van der Waals surface area contributed by atoms with Crippen molar-refractivity contribution >= 4 is 40.1 Å². The van der Waals surface area contributed by atoms with Gasteiger partial charge in [0.2, 0.25) is 25.4 Å². The summed E-state index contributed by atoms with van der Waals surface area (Å²) < 4.78 is 23.0. The Morgan fingerprint density at radius 2 is 1.02 bits per heavy atom. The number of fused-ring (bicyclic) bond motifs is 7. The third-order valence-corrected chi connectivity index (χ3v) is 11.1. The van der Waals surface area contributed by atoms with Crippen molar-refractivity contribution < 1.29 is 38.3 Å². The SMILES string of the molecule is O=C1[C@H]2[C@H](C(=O)N1c1ccc([N+](=O)[O-])cc1)[C@@]1(c3ccccc3)C(=O)[C@@]2(c2ccccc2)C(c2ccc3c(c2)OCO3)=C1c1ccc2c(c1)OCO2. The molecule has 0 unspecified atom stereocenters. The van der Waals surface area contributed by atoms with E-state index in [-0.39, 0.29) is 30.7 Å². The van der Waals surface area contributed by atoms with Crippen LogP contribution in [-0.4, -0.2) is 36.1 Å². The van der Waals surface area contributed by atoms with E-state index in [1.54, 1.807) is 12.1 Å². The quantitative estimate of drug-likeness (QED) is 0.115. The molecule has 254 valence electrons. The van der Waals surface area contributed by atoms with Crippen LogP contribution in [0.5, 0.6) is 23.0 Å². The van der Waals surface area contributed by atoms with Gasteiger partial charge in [-0.25, -0.2) is 4.90 Å². The molecule has 4 atom stereocenters. The van der Waals surface area contributed by atoms with Gasteiger partial charge in [-0.3, -0.25) is 24.5 Å². The number of non-ortho nitro benzene ring substituents is 1. The van der Waals surface area contributed by atoms with Crippen LogP contribution in [-0.2, 0) is 25.2 Å². The van der Waals surface area contributed by atoms with E-state index in [0.29, 0.717) is 56.4 Å². The number of allylic oxidation sites excluding steroid dienone is 2. The Morgan fingerprint density at radius 3 is 1.46 bits per heavy atom. The monoisotopic (exact) mass is 690 g/mol. The molecule has 11 nitrogen and oxygen atoms in total. The van der Waals surface area contributed by atoms with E-state index in [1.807, 2.05) is 84.9 Å². The van der Waals surface area contributed by atoms with E-state index >= 15 is 14.4 Å². The number of ketones is 1. The average molecular weight is 691 g/mol. The zero-order valence-corrected chi connectivity index (χ0v) is 27.2. The van der Waals surface area contributed by atoms with Gasteiger partial charge in [0.15, 0.2) is 28.8 Å². The fourth-order valence-corrected chi connectivity index (χ4v) is 9.21. The molecule has 1 saturated heterocycles. The zero-order chi connectivity index (χ0) is 35.4. The van der Waals surface area contributed by atoms with Crippen LogP contribution in [0.4, 0.5) is 11.4 Å². The predicted octanol–water partition coefficient (Wildman–Crippen LogP) is 6.24. The van der Waals surface area contributed by atoms with Crippen LogP contribution in [0.3, 0.4) is 0 Å². The molecule has 11 heteroatoms. The number of imide groups is 1. The summed E-state index contributed by atoms with van der Waals surface area (Å²) in [6.07, 6.45) is 0. The lowest BCUT2D eigenvalue weighted by molar-refractivity contribution is -0.384. The topological polar surface area (TPSA) is 135 Å². The number of Topliss-reactive ketones (excluding diaryl/α,β-unsaturated/α-hetero) is 1. The van der Waals surface area contributed by atoms with Gasteiger partial charge in [-0.2, -0.15) is 0 Å². The van der Waals surface area contributed by atoms with Crippen LogP contribution in [0.1, 0.15) is 22.3 Å². The number of anilines is 1. The summed E-state index contributed by atoms with van der Waals surface area (Å²) in [4.78, 5) is 58.6. The van der Waals surface area contributed by atoms with Crippen molar-refractivity contribution in [2.24, 2.45) is 11.8 Å². The van der Waals surface area contributed by atoms with Crippen molar-refractivity contribution in [3.05, 3.63) is 154 Å². The number of nitro groups is 1. The van der Waals surface area contributed by atoms with Gasteiger partial charge in [0.25, 0.3) is 5.69 Å². The van der Waals surface area contributed by atoms with Crippen LogP contribution >= 0.6 is 0 Å². The van der Waals surface area contributed by atoms with E-state index in [1.165, 1.54) is 24.3 Å². The maximum atomic E-state index is 16.2. The number of rotatable bonds is 6.